The van der Waals surface area contributed by atoms with E-state index in [2.05, 4.69) is 4.90 Å². The topological polar surface area (TPSA) is 115 Å². The van der Waals surface area contributed by atoms with E-state index in [9.17, 15) is 19.2 Å². The number of aliphatic carboxylic acids is 2. The van der Waals surface area contributed by atoms with Crippen LogP contribution in [0.15, 0.2) is 0 Å². The van der Waals surface area contributed by atoms with Crippen LogP contribution >= 0.6 is 0 Å². The zero-order chi connectivity index (χ0) is 20.5. The number of amides is 1. The monoisotopic (exact) mass is 396 g/mol. The first kappa shape index (κ1) is 22.3. The quantitative estimate of drug-likeness (QED) is 0.382. The highest BCUT2D eigenvalue weighted by molar-refractivity contribution is 6.36. The molecule has 0 spiro atoms. The predicted molar refractivity (Wildman–Crippen MR) is 102 cm³/mol. The van der Waals surface area contributed by atoms with E-state index in [4.69, 9.17) is 10.2 Å². The Kier molecular flexibility index (Phi) is 8.89. The lowest BCUT2D eigenvalue weighted by Crippen LogP contribution is -2.43. The van der Waals surface area contributed by atoms with E-state index >= 15 is 0 Å². The summed E-state index contributed by atoms with van der Waals surface area (Å²) in [6, 6.07) is -1.17. The molecule has 2 rings (SSSR count). The Bertz CT molecular complexity index is 579. The molecule has 0 bridgehead atoms. The third kappa shape index (κ3) is 6.29. The number of hydrogen-bond acceptors (Lipinski definition) is 5. The van der Waals surface area contributed by atoms with E-state index in [0.717, 1.165) is 58.0 Å². The van der Waals surface area contributed by atoms with Crippen LogP contribution in [0.1, 0.15) is 70.6 Å². The van der Waals surface area contributed by atoms with Gasteiger partial charge in [0.05, 0.1) is 0 Å². The highest BCUT2D eigenvalue weighted by atomic mass is 16.4. The molecule has 0 aliphatic carbocycles. The molecule has 28 heavy (non-hydrogen) atoms. The molecular formula is C20H32N2O6. The predicted octanol–water partition coefficient (Wildman–Crippen LogP) is 1.91. The van der Waals surface area contributed by atoms with Gasteiger partial charge in [0, 0.05) is 13.0 Å². The highest BCUT2D eigenvalue weighted by Crippen LogP contribution is 2.20. The molecule has 0 saturated carbocycles. The van der Waals surface area contributed by atoms with Crippen LogP contribution in [0.5, 0.6) is 0 Å². The summed E-state index contributed by atoms with van der Waals surface area (Å²) in [5.41, 5.74) is 0. The third-order valence-corrected chi connectivity index (χ3v) is 5.79. The number of hydrogen-bond donors (Lipinski definition) is 2. The Hall–Kier alpha value is -1.96. The fourth-order valence-electron chi connectivity index (χ4n) is 4.21. The van der Waals surface area contributed by atoms with Crippen LogP contribution in [0.25, 0.3) is 0 Å². The molecule has 2 atom stereocenters. The lowest BCUT2D eigenvalue weighted by molar-refractivity contribution is -0.152. The number of likely N-dealkylation sites (tertiary alicyclic amines) is 2. The summed E-state index contributed by atoms with van der Waals surface area (Å²) >= 11 is 0. The Morgan fingerprint density at radius 3 is 2.00 bits per heavy atom. The summed E-state index contributed by atoms with van der Waals surface area (Å²) in [6.07, 6.45) is 8.44. The minimum atomic E-state index is -1.04. The number of nitrogens with zero attached hydrogens (tertiary/aromatic N) is 2. The maximum atomic E-state index is 12.1. The molecular weight excluding hydrogens is 364 g/mol. The lowest BCUT2D eigenvalue weighted by atomic mass is 10.1. The van der Waals surface area contributed by atoms with E-state index < -0.39 is 29.7 Å². The normalized spacial score (nSPS) is 22.5. The molecule has 0 aromatic carbocycles. The van der Waals surface area contributed by atoms with Crippen molar-refractivity contribution >= 4 is 23.6 Å². The van der Waals surface area contributed by atoms with Crippen molar-refractivity contribution in [2.75, 3.05) is 19.6 Å². The zero-order valence-electron chi connectivity index (χ0n) is 16.5. The SMILES string of the molecule is O=C(CCCCCCCCN1CCC[C@@H]1C(=O)O)C(=O)N1CCC[C@@H]1C(=O)O. The van der Waals surface area contributed by atoms with Crippen molar-refractivity contribution in [3.8, 4) is 0 Å². The second-order valence-corrected chi connectivity index (χ2v) is 7.82. The Morgan fingerprint density at radius 2 is 1.32 bits per heavy atom. The van der Waals surface area contributed by atoms with Crippen molar-refractivity contribution in [3.05, 3.63) is 0 Å². The number of ketones is 1. The maximum absolute atomic E-state index is 12.1. The van der Waals surface area contributed by atoms with Gasteiger partial charge in [-0.05, 0) is 51.6 Å². The molecule has 2 saturated heterocycles. The largest absolute Gasteiger partial charge is 0.480 e. The minimum Gasteiger partial charge on any atom is -0.480 e. The molecule has 2 heterocycles. The number of rotatable bonds is 12. The van der Waals surface area contributed by atoms with Gasteiger partial charge in [0.2, 0.25) is 5.78 Å². The molecule has 0 unspecified atom stereocenters. The van der Waals surface area contributed by atoms with Crippen molar-refractivity contribution in [2.24, 2.45) is 0 Å². The Balaban J connectivity index is 1.52. The van der Waals surface area contributed by atoms with Gasteiger partial charge in [-0.15, -0.1) is 0 Å². The van der Waals surface area contributed by atoms with Crippen molar-refractivity contribution in [1.82, 2.24) is 9.80 Å². The van der Waals surface area contributed by atoms with Gasteiger partial charge in [-0.2, -0.15) is 0 Å². The molecule has 158 valence electrons. The van der Waals surface area contributed by atoms with E-state index in [1.807, 2.05) is 0 Å². The maximum Gasteiger partial charge on any atom is 0.326 e. The molecule has 2 aliphatic rings. The van der Waals surface area contributed by atoms with Gasteiger partial charge in [-0.1, -0.05) is 25.7 Å². The number of carboxylic acid groups (broad SMARTS) is 2. The average Bonchev–Trinajstić information content (AvgIpc) is 3.32. The number of unbranched alkanes of at least 4 members (excludes halogenated alkanes) is 5. The standard InChI is InChI=1S/C20H32N2O6/c23-17(18(24)22-14-8-10-16(22)20(27)28)11-5-3-1-2-4-6-12-21-13-7-9-15(21)19(25)26/h15-16H,1-14H2,(H,25,26)(H,27,28)/t15-,16-/m1/s1. The summed E-state index contributed by atoms with van der Waals surface area (Å²) in [5.74, 6) is -2.90. The van der Waals surface area contributed by atoms with Crippen LogP contribution in [0.3, 0.4) is 0 Å². The molecule has 8 heteroatoms. The van der Waals surface area contributed by atoms with Gasteiger partial charge < -0.3 is 15.1 Å². The second-order valence-electron chi connectivity index (χ2n) is 7.82. The second kappa shape index (κ2) is 11.1. The molecule has 2 N–H and O–H groups in total. The third-order valence-electron chi connectivity index (χ3n) is 5.79. The van der Waals surface area contributed by atoms with Crippen LogP contribution in [0.2, 0.25) is 0 Å². The summed E-state index contributed by atoms with van der Waals surface area (Å²) < 4.78 is 0. The van der Waals surface area contributed by atoms with E-state index in [-0.39, 0.29) is 12.5 Å². The summed E-state index contributed by atoms with van der Waals surface area (Å²) in [4.78, 5) is 49.7. The van der Waals surface area contributed by atoms with Gasteiger partial charge in [0.1, 0.15) is 12.1 Å². The number of carboxylic acids is 2. The first-order chi connectivity index (χ1) is 13.4. The van der Waals surface area contributed by atoms with Crippen LogP contribution in [0, 0.1) is 0 Å². The Morgan fingerprint density at radius 1 is 0.750 bits per heavy atom. The smallest absolute Gasteiger partial charge is 0.326 e. The van der Waals surface area contributed by atoms with Crippen LogP contribution < -0.4 is 0 Å². The summed E-state index contributed by atoms with van der Waals surface area (Å²) in [7, 11) is 0. The van der Waals surface area contributed by atoms with Crippen molar-refractivity contribution in [2.45, 2.75) is 82.7 Å². The first-order valence-electron chi connectivity index (χ1n) is 10.4. The Labute approximate surface area is 165 Å². The highest BCUT2D eigenvalue weighted by Gasteiger charge is 2.36. The van der Waals surface area contributed by atoms with Crippen LogP contribution in [-0.2, 0) is 19.2 Å². The van der Waals surface area contributed by atoms with Crippen molar-refractivity contribution in [3.63, 3.8) is 0 Å². The van der Waals surface area contributed by atoms with Crippen LogP contribution in [-0.4, -0.2) is 75.4 Å². The fraction of sp³-hybridized carbons (Fsp3) is 0.800. The molecule has 0 aromatic heterocycles. The van der Waals surface area contributed by atoms with Crippen LogP contribution in [0.4, 0.5) is 0 Å². The molecule has 1 amide bonds. The molecule has 2 fully saturated rings. The summed E-state index contributed by atoms with van der Waals surface area (Å²) in [6.45, 7) is 2.04. The fourth-order valence-corrected chi connectivity index (χ4v) is 4.21. The molecule has 2 aliphatic heterocycles. The van der Waals surface area contributed by atoms with E-state index in [1.165, 1.54) is 4.90 Å². The zero-order valence-corrected chi connectivity index (χ0v) is 16.5. The lowest BCUT2D eigenvalue weighted by Gasteiger charge is -2.20. The first-order valence-corrected chi connectivity index (χ1v) is 10.4. The van der Waals surface area contributed by atoms with Gasteiger partial charge in [0.25, 0.3) is 5.91 Å². The summed E-state index contributed by atoms with van der Waals surface area (Å²) in [5, 5.41) is 18.3. The van der Waals surface area contributed by atoms with Crippen molar-refractivity contribution < 1.29 is 29.4 Å². The number of carbonyl (C=O) groups is 4. The van der Waals surface area contributed by atoms with Gasteiger partial charge in [-0.3, -0.25) is 19.3 Å². The number of Topliss-reactive ketones (excluding diaryl/α,β-unsaturated/α-hetero) is 1. The van der Waals surface area contributed by atoms with Crippen molar-refractivity contribution in [1.29, 1.82) is 0 Å². The van der Waals surface area contributed by atoms with Gasteiger partial charge in [0.15, 0.2) is 0 Å². The van der Waals surface area contributed by atoms with Gasteiger partial charge in [-0.25, -0.2) is 4.79 Å². The molecule has 0 radical (unpaired) electrons. The minimum absolute atomic E-state index is 0.176. The van der Waals surface area contributed by atoms with Gasteiger partial charge >= 0.3 is 11.9 Å². The molecule has 0 aromatic rings. The molecule has 8 nitrogen and oxygen atoms in total. The van der Waals surface area contributed by atoms with E-state index in [1.54, 1.807) is 0 Å². The van der Waals surface area contributed by atoms with E-state index in [0.29, 0.717) is 25.8 Å². The average molecular weight is 396 g/mol. The number of carbonyl (C=O) groups excluding carboxylic acids is 2.